The fourth-order valence-corrected chi connectivity index (χ4v) is 3.37. The first-order chi connectivity index (χ1) is 9.63. The Morgan fingerprint density at radius 1 is 1.15 bits per heavy atom. The molecule has 0 bridgehead atoms. The van der Waals surface area contributed by atoms with Crippen molar-refractivity contribution < 1.29 is 0 Å². The van der Waals surface area contributed by atoms with Gasteiger partial charge in [0.2, 0.25) is 0 Å². The molecule has 2 heteroatoms. The van der Waals surface area contributed by atoms with Gasteiger partial charge in [0.1, 0.15) is 0 Å². The molecule has 2 aliphatic rings. The lowest BCUT2D eigenvalue weighted by Crippen LogP contribution is -2.42. The van der Waals surface area contributed by atoms with Gasteiger partial charge in [-0.05, 0) is 55.9 Å². The SMILES string of the molecule is CCCC.CN1CCC2(CC1)Cc1ccccc1[C@H]2N. The van der Waals surface area contributed by atoms with Gasteiger partial charge in [0, 0.05) is 6.04 Å². The van der Waals surface area contributed by atoms with Crippen molar-refractivity contribution in [1.82, 2.24) is 4.90 Å². The van der Waals surface area contributed by atoms with Crippen molar-refractivity contribution in [3.63, 3.8) is 0 Å². The van der Waals surface area contributed by atoms with E-state index in [0.717, 1.165) is 0 Å². The number of unbranched alkanes of at least 4 members (excludes halogenated alkanes) is 1. The average Bonchev–Trinajstić information content (AvgIpc) is 2.76. The van der Waals surface area contributed by atoms with Crippen LogP contribution in [0.5, 0.6) is 0 Å². The molecular weight excluding hydrogens is 244 g/mol. The molecule has 0 unspecified atom stereocenters. The van der Waals surface area contributed by atoms with Crippen LogP contribution in [-0.4, -0.2) is 25.0 Å². The first-order valence-corrected chi connectivity index (χ1v) is 8.15. The molecule has 1 aromatic rings. The Balaban J connectivity index is 0.000000328. The van der Waals surface area contributed by atoms with E-state index in [9.17, 15) is 0 Å². The molecule has 2 nitrogen and oxygen atoms in total. The molecule has 0 aromatic heterocycles. The van der Waals surface area contributed by atoms with Crippen LogP contribution in [0.15, 0.2) is 24.3 Å². The first-order valence-electron chi connectivity index (χ1n) is 8.15. The van der Waals surface area contributed by atoms with Gasteiger partial charge in [0.25, 0.3) is 0 Å². The Hall–Kier alpha value is -0.860. The van der Waals surface area contributed by atoms with E-state index in [2.05, 4.69) is 50.1 Å². The molecule has 2 N–H and O–H groups in total. The summed E-state index contributed by atoms with van der Waals surface area (Å²) in [7, 11) is 2.21. The normalized spacial score (nSPS) is 24.1. The van der Waals surface area contributed by atoms with Crippen LogP contribution in [-0.2, 0) is 6.42 Å². The lowest BCUT2D eigenvalue weighted by atomic mass is 9.73. The van der Waals surface area contributed by atoms with Gasteiger partial charge in [0.05, 0.1) is 0 Å². The molecule has 3 rings (SSSR count). The number of fused-ring (bicyclic) bond motifs is 1. The average molecular weight is 274 g/mol. The minimum absolute atomic E-state index is 0.261. The van der Waals surface area contributed by atoms with Gasteiger partial charge in [-0.15, -0.1) is 0 Å². The minimum Gasteiger partial charge on any atom is -0.323 e. The summed E-state index contributed by atoms with van der Waals surface area (Å²) in [5.74, 6) is 0. The monoisotopic (exact) mass is 274 g/mol. The van der Waals surface area contributed by atoms with Crippen molar-refractivity contribution >= 4 is 0 Å². The van der Waals surface area contributed by atoms with Gasteiger partial charge in [-0.1, -0.05) is 51.0 Å². The molecule has 1 aliphatic carbocycles. The summed E-state index contributed by atoms with van der Waals surface area (Å²) in [6.45, 7) is 6.75. The molecule has 1 atom stereocenters. The predicted octanol–water partition coefficient (Wildman–Crippen LogP) is 3.76. The number of nitrogens with two attached hydrogens (primary N) is 1. The second-order valence-electron chi connectivity index (χ2n) is 6.52. The zero-order chi connectivity index (χ0) is 14.6. The van der Waals surface area contributed by atoms with Crippen LogP contribution in [0.1, 0.15) is 56.7 Å². The highest BCUT2D eigenvalue weighted by atomic mass is 15.1. The summed E-state index contributed by atoms with van der Waals surface area (Å²) in [5, 5.41) is 0. The van der Waals surface area contributed by atoms with Gasteiger partial charge in [0.15, 0.2) is 0 Å². The van der Waals surface area contributed by atoms with E-state index in [0.29, 0.717) is 5.41 Å². The first kappa shape index (κ1) is 15.5. The van der Waals surface area contributed by atoms with Gasteiger partial charge < -0.3 is 10.6 Å². The number of piperidine rings is 1. The maximum atomic E-state index is 6.48. The third-order valence-corrected chi connectivity index (χ3v) is 5.08. The highest BCUT2D eigenvalue weighted by Gasteiger charge is 2.45. The minimum atomic E-state index is 0.261. The summed E-state index contributed by atoms with van der Waals surface area (Å²) in [4.78, 5) is 2.42. The van der Waals surface area contributed by atoms with Crippen molar-refractivity contribution in [2.45, 2.75) is 52.0 Å². The summed E-state index contributed by atoms with van der Waals surface area (Å²) in [6, 6.07) is 8.99. The van der Waals surface area contributed by atoms with E-state index >= 15 is 0 Å². The molecule has 1 saturated heterocycles. The number of benzene rings is 1. The standard InChI is InChI=1S/C14H20N2.C4H10/c1-16-8-6-14(7-9-16)10-11-4-2-3-5-12(11)13(14)15;1-3-4-2/h2-5,13H,6-10,15H2,1H3;3-4H2,1-2H3/t13-;/m1./s1. The Morgan fingerprint density at radius 2 is 1.75 bits per heavy atom. The Labute approximate surface area is 124 Å². The maximum absolute atomic E-state index is 6.48. The van der Waals surface area contributed by atoms with Crippen LogP contribution < -0.4 is 5.73 Å². The van der Waals surface area contributed by atoms with Gasteiger partial charge in [-0.2, -0.15) is 0 Å². The third-order valence-electron chi connectivity index (χ3n) is 5.08. The fourth-order valence-electron chi connectivity index (χ4n) is 3.37. The predicted molar refractivity (Wildman–Crippen MR) is 86.8 cm³/mol. The quantitative estimate of drug-likeness (QED) is 0.845. The van der Waals surface area contributed by atoms with Crippen molar-refractivity contribution in [2.24, 2.45) is 11.1 Å². The molecule has 1 fully saturated rings. The van der Waals surface area contributed by atoms with Crippen molar-refractivity contribution in [3.05, 3.63) is 35.4 Å². The largest absolute Gasteiger partial charge is 0.323 e. The number of hydrogen-bond acceptors (Lipinski definition) is 2. The van der Waals surface area contributed by atoms with Gasteiger partial charge >= 0.3 is 0 Å². The van der Waals surface area contributed by atoms with Gasteiger partial charge in [-0.25, -0.2) is 0 Å². The van der Waals surface area contributed by atoms with E-state index in [1.54, 1.807) is 0 Å². The maximum Gasteiger partial charge on any atom is 0.0359 e. The highest BCUT2D eigenvalue weighted by molar-refractivity contribution is 5.38. The molecular formula is C18H30N2. The summed E-state index contributed by atoms with van der Waals surface area (Å²) in [6.07, 6.45) is 6.33. The van der Waals surface area contributed by atoms with Crippen molar-refractivity contribution in [1.29, 1.82) is 0 Å². The lowest BCUT2D eigenvalue weighted by molar-refractivity contribution is 0.106. The van der Waals surface area contributed by atoms with Crippen LogP contribution in [0.4, 0.5) is 0 Å². The molecule has 20 heavy (non-hydrogen) atoms. The van der Waals surface area contributed by atoms with Crippen LogP contribution in [0.25, 0.3) is 0 Å². The Morgan fingerprint density at radius 3 is 2.30 bits per heavy atom. The van der Waals surface area contributed by atoms with E-state index in [1.165, 1.54) is 56.3 Å². The molecule has 1 aromatic carbocycles. The number of rotatable bonds is 1. The second kappa shape index (κ2) is 6.73. The number of hydrogen-bond donors (Lipinski definition) is 1. The molecule has 0 saturated carbocycles. The topological polar surface area (TPSA) is 29.3 Å². The number of nitrogens with zero attached hydrogens (tertiary/aromatic N) is 1. The zero-order valence-corrected chi connectivity index (χ0v) is 13.4. The molecule has 0 amide bonds. The van der Waals surface area contributed by atoms with Crippen LogP contribution in [0.2, 0.25) is 0 Å². The lowest BCUT2D eigenvalue weighted by Gasteiger charge is -2.41. The smallest absolute Gasteiger partial charge is 0.0359 e. The fraction of sp³-hybridized carbons (Fsp3) is 0.667. The highest BCUT2D eigenvalue weighted by Crippen LogP contribution is 2.50. The van der Waals surface area contributed by atoms with E-state index in [1.807, 2.05) is 0 Å². The van der Waals surface area contributed by atoms with Crippen LogP contribution in [0, 0.1) is 5.41 Å². The van der Waals surface area contributed by atoms with Gasteiger partial charge in [-0.3, -0.25) is 0 Å². The molecule has 1 spiro atoms. The summed E-state index contributed by atoms with van der Waals surface area (Å²) >= 11 is 0. The summed E-state index contributed by atoms with van der Waals surface area (Å²) in [5.41, 5.74) is 9.72. The molecule has 1 heterocycles. The third kappa shape index (κ3) is 3.07. The second-order valence-corrected chi connectivity index (χ2v) is 6.52. The van der Waals surface area contributed by atoms with E-state index in [-0.39, 0.29) is 6.04 Å². The van der Waals surface area contributed by atoms with Crippen molar-refractivity contribution in [3.8, 4) is 0 Å². The molecule has 0 radical (unpaired) electrons. The Bertz CT molecular complexity index is 417. The molecule has 1 aliphatic heterocycles. The Kier molecular flexibility index (Phi) is 5.22. The van der Waals surface area contributed by atoms with Crippen LogP contribution in [0.3, 0.4) is 0 Å². The van der Waals surface area contributed by atoms with E-state index < -0.39 is 0 Å². The van der Waals surface area contributed by atoms with Crippen LogP contribution >= 0.6 is 0 Å². The summed E-state index contributed by atoms with van der Waals surface area (Å²) < 4.78 is 0. The van der Waals surface area contributed by atoms with E-state index in [4.69, 9.17) is 5.73 Å². The van der Waals surface area contributed by atoms with Crippen molar-refractivity contribution in [2.75, 3.05) is 20.1 Å². The number of likely N-dealkylation sites (tertiary alicyclic amines) is 1. The zero-order valence-electron chi connectivity index (χ0n) is 13.4. The molecule has 112 valence electrons.